The molecule has 1 heteroatoms. The van der Waals surface area contributed by atoms with E-state index < -0.39 is 0 Å². The van der Waals surface area contributed by atoms with E-state index >= 15 is 0 Å². The van der Waals surface area contributed by atoms with E-state index in [1.165, 1.54) is 41.5 Å². The van der Waals surface area contributed by atoms with Gasteiger partial charge in [0.15, 0.2) is 0 Å². The summed E-state index contributed by atoms with van der Waals surface area (Å²) in [7, 11) is 0. The zero-order valence-electron chi connectivity index (χ0n) is 13.4. The first-order valence-electron chi connectivity index (χ1n) is 7.65. The molecule has 0 radical (unpaired) electrons. The van der Waals surface area contributed by atoms with E-state index in [1.807, 2.05) is 0 Å². The highest BCUT2D eigenvalue weighted by molar-refractivity contribution is 5.38. The Kier molecular flexibility index (Phi) is 4.06. The lowest BCUT2D eigenvalue weighted by Gasteiger charge is -2.31. The number of aryl methyl sites for hydroxylation is 3. The normalized spacial score (nSPS) is 23.6. The van der Waals surface area contributed by atoms with Gasteiger partial charge < -0.3 is 5.32 Å². The minimum atomic E-state index is 0.446. The number of rotatable bonds is 3. The maximum atomic E-state index is 3.87. The molecule has 1 aliphatic carbocycles. The summed E-state index contributed by atoms with van der Waals surface area (Å²) in [5.74, 6) is 0. The van der Waals surface area contributed by atoms with E-state index in [4.69, 9.17) is 0 Å². The molecule has 2 unspecified atom stereocenters. The SMILES string of the molecule is Cc1cc(C)c(C(C)NC2CCCC2(C)C)cc1C. The van der Waals surface area contributed by atoms with E-state index in [1.54, 1.807) is 0 Å². The number of hydrogen-bond acceptors (Lipinski definition) is 1. The molecule has 1 N–H and O–H groups in total. The third-order valence-electron chi connectivity index (χ3n) is 5.06. The fourth-order valence-electron chi connectivity index (χ4n) is 3.48. The number of hydrogen-bond donors (Lipinski definition) is 1. The second-order valence-electron chi connectivity index (χ2n) is 7.11. The maximum absolute atomic E-state index is 3.87. The van der Waals surface area contributed by atoms with Gasteiger partial charge in [-0.05, 0) is 68.2 Å². The Hall–Kier alpha value is -0.820. The van der Waals surface area contributed by atoms with Crippen molar-refractivity contribution in [3.8, 4) is 0 Å². The van der Waals surface area contributed by atoms with Crippen molar-refractivity contribution in [1.29, 1.82) is 0 Å². The highest BCUT2D eigenvalue weighted by Crippen LogP contribution is 2.38. The lowest BCUT2D eigenvalue weighted by Crippen LogP contribution is -2.39. The van der Waals surface area contributed by atoms with Crippen molar-refractivity contribution in [2.75, 3.05) is 0 Å². The molecule has 2 atom stereocenters. The van der Waals surface area contributed by atoms with Gasteiger partial charge in [0.2, 0.25) is 0 Å². The largest absolute Gasteiger partial charge is 0.307 e. The van der Waals surface area contributed by atoms with Gasteiger partial charge in [0, 0.05) is 12.1 Å². The van der Waals surface area contributed by atoms with Gasteiger partial charge in [-0.1, -0.05) is 32.4 Å². The molecule has 106 valence electrons. The van der Waals surface area contributed by atoms with Crippen molar-refractivity contribution in [3.05, 3.63) is 34.4 Å². The van der Waals surface area contributed by atoms with Crippen LogP contribution in [0.25, 0.3) is 0 Å². The van der Waals surface area contributed by atoms with Gasteiger partial charge in [-0.25, -0.2) is 0 Å². The van der Waals surface area contributed by atoms with Crippen LogP contribution < -0.4 is 5.32 Å². The van der Waals surface area contributed by atoms with Crippen LogP contribution in [0.4, 0.5) is 0 Å². The average molecular weight is 259 g/mol. The molecule has 0 heterocycles. The molecule has 1 fully saturated rings. The molecule has 1 aromatic carbocycles. The summed E-state index contributed by atoms with van der Waals surface area (Å²) in [6, 6.07) is 5.79. The van der Waals surface area contributed by atoms with E-state index in [0.29, 0.717) is 17.5 Å². The molecule has 0 aromatic heterocycles. The molecule has 2 rings (SSSR count). The molecule has 0 bridgehead atoms. The minimum Gasteiger partial charge on any atom is -0.307 e. The van der Waals surface area contributed by atoms with E-state index in [0.717, 1.165) is 0 Å². The first kappa shape index (κ1) is 14.6. The van der Waals surface area contributed by atoms with E-state index in [9.17, 15) is 0 Å². The topological polar surface area (TPSA) is 12.0 Å². The fourth-order valence-corrected chi connectivity index (χ4v) is 3.48. The highest BCUT2D eigenvalue weighted by Gasteiger charge is 2.35. The fraction of sp³-hybridized carbons (Fsp3) is 0.667. The van der Waals surface area contributed by atoms with Crippen molar-refractivity contribution in [2.24, 2.45) is 5.41 Å². The lowest BCUT2D eigenvalue weighted by molar-refractivity contribution is 0.266. The Balaban J connectivity index is 2.16. The first-order chi connectivity index (χ1) is 8.81. The van der Waals surface area contributed by atoms with Gasteiger partial charge >= 0.3 is 0 Å². The summed E-state index contributed by atoms with van der Waals surface area (Å²) < 4.78 is 0. The van der Waals surface area contributed by atoms with Crippen LogP contribution in [0.1, 0.15) is 68.3 Å². The van der Waals surface area contributed by atoms with Crippen LogP contribution in [0.5, 0.6) is 0 Å². The van der Waals surface area contributed by atoms with Gasteiger partial charge in [-0.3, -0.25) is 0 Å². The maximum Gasteiger partial charge on any atom is 0.0297 e. The lowest BCUT2D eigenvalue weighted by atomic mass is 9.86. The molecule has 0 amide bonds. The van der Waals surface area contributed by atoms with Crippen molar-refractivity contribution >= 4 is 0 Å². The molecule has 0 spiro atoms. The van der Waals surface area contributed by atoms with Crippen LogP contribution in [0.3, 0.4) is 0 Å². The zero-order valence-corrected chi connectivity index (χ0v) is 13.4. The molecule has 1 aromatic rings. The Morgan fingerprint density at radius 1 is 1.11 bits per heavy atom. The summed E-state index contributed by atoms with van der Waals surface area (Å²) >= 11 is 0. The van der Waals surface area contributed by atoms with Crippen molar-refractivity contribution in [2.45, 2.75) is 72.9 Å². The van der Waals surface area contributed by atoms with E-state index in [-0.39, 0.29) is 0 Å². The molecule has 0 saturated heterocycles. The quantitative estimate of drug-likeness (QED) is 0.819. The van der Waals surface area contributed by atoms with Crippen LogP contribution in [-0.2, 0) is 0 Å². The molecule has 1 saturated carbocycles. The summed E-state index contributed by atoms with van der Waals surface area (Å²) in [6.45, 7) is 13.8. The Labute approximate surface area is 118 Å². The minimum absolute atomic E-state index is 0.446. The molecule has 19 heavy (non-hydrogen) atoms. The summed E-state index contributed by atoms with van der Waals surface area (Å²) in [5, 5.41) is 3.87. The van der Waals surface area contributed by atoms with E-state index in [2.05, 4.69) is 59.0 Å². The second-order valence-corrected chi connectivity index (χ2v) is 7.11. The van der Waals surface area contributed by atoms with Crippen LogP contribution in [-0.4, -0.2) is 6.04 Å². The van der Waals surface area contributed by atoms with Gasteiger partial charge in [-0.15, -0.1) is 0 Å². The molecule has 1 aliphatic rings. The Bertz CT molecular complexity index is 459. The Morgan fingerprint density at radius 3 is 2.32 bits per heavy atom. The smallest absolute Gasteiger partial charge is 0.0297 e. The number of benzene rings is 1. The molecular weight excluding hydrogens is 230 g/mol. The van der Waals surface area contributed by atoms with Crippen LogP contribution >= 0.6 is 0 Å². The Morgan fingerprint density at radius 2 is 1.74 bits per heavy atom. The zero-order chi connectivity index (χ0) is 14.2. The molecule has 0 aliphatic heterocycles. The van der Waals surface area contributed by atoms with Crippen LogP contribution in [0, 0.1) is 26.2 Å². The second kappa shape index (κ2) is 5.28. The highest BCUT2D eigenvalue weighted by atomic mass is 15.0. The van der Waals surface area contributed by atoms with Crippen molar-refractivity contribution in [3.63, 3.8) is 0 Å². The predicted molar refractivity (Wildman–Crippen MR) is 83.6 cm³/mol. The van der Waals surface area contributed by atoms with Crippen molar-refractivity contribution < 1.29 is 0 Å². The number of nitrogens with one attached hydrogen (secondary N) is 1. The van der Waals surface area contributed by atoms with Gasteiger partial charge in [0.25, 0.3) is 0 Å². The standard InChI is InChI=1S/C18H29N/c1-12-10-14(3)16(11-13(12)2)15(4)19-17-8-7-9-18(17,5)6/h10-11,15,17,19H,7-9H2,1-6H3. The van der Waals surface area contributed by atoms with Crippen molar-refractivity contribution in [1.82, 2.24) is 5.32 Å². The summed E-state index contributed by atoms with van der Waals surface area (Å²) in [4.78, 5) is 0. The average Bonchev–Trinajstić information content (AvgIpc) is 2.63. The third kappa shape index (κ3) is 3.02. The third-order valence-corrected chi connectivity index (χ3v) is 5.06. The van der Waals surface area contributed by atoms with Gasteiger partial charge in [0.05, 0.1) is 0 Å². The monoisotopic (exact) mass is 259 g/mol. The van der Waals surface area contributed by atoms with Gasteiger partial charge in [0.1, 0.15) is 0 Å². The summed E-state index contributed by atoms with van der Waals surface area (Å²) in [5.41, 5.74) is 6.13. The van der Waals surface area contributed by atoms with Gasteiger partial charge in [-0.2, -0.15) is 0 Å². The molecule has 1 nitrogen and oxygen atoms in total. The van der Waals surface area contributed by atoms with Crippen LogP contribution in [0.2, 0.25) is 0 Å². The predicted octanol–water partition coefficient (Wildman–Crippen LogP) is 4.84. The summed E-state index contributed by atoms with van der Waals surface area (Å²) in [6.07, 6.45) is 4.04. The van der Waals surface area contributed by atoms with Crippen LogP contribution in [0.15, 0.2) is 12.1 Å². The first-order valence-corrected chi connectivity index (χ1v) is 7.65. The molecular formula is C18H29N.